The zero-order valence-electron chi connectivity index (χ0n) is 16.9. The Hall–Kier alpha value is -2.93. The van der Waals surface area contributed by atoms with Crippen molar-refractivity contribution in [1.29, 1.82) is 0 Å². The molecule has 3 aromatic rings. The number of hydrogen-bond donors (Lipinski definition) is 4. The van der Waals surface area contributed by atoms with Gasteiger partial charge in [-0.3, -0.25) is 4.52 Å². The lowest BCUT2D eigenvalue weighted by atomic mass is 9.93. The van der Waals surface area contributed by atoms with E-state index in [1.807, 2.05) is 0 Å². The highest BCUT2D eigenvalue weighted by Gasteiger charge is 2.54. The molecule has 0 spiro atoms. The largest absolute Gasteiger partial charge is 0.456 e. The van der Waals surface area contributed by atoms with Crippen molar-refractivity contribution in [2.75, 3.05) is 6.61 Å². The van der Waals surface area contributed by atoms with Crippen molar-refractivity contribution in [3.05, 3.63) is 54.5 Å². The van der Waals surface area contributed by atoms with Crippen molar-refractivity contribution in [3.63, 3.8) is 0 Å². The lowest BCUT2D eigenvalue weighted by Crippen LogP contribution is -2.39. The summed E-state index contributed by atoms with van der Waals surface area (Å²) in [7, 11) is -4.00. The molecule has 0 saturated carbocycles. The number of hydrogen-bond acceptors (Lipinski definition) is 10. The Labute approximate surface area is 182 Å². The monoisotopic (exact) mass is 463 g/mol. The van der Waals surface area contributed by atoms with Crippen LogP contribution in [-0.4, -0.2) is 49.7 Å². The number of rotatable bonds is 7. The predicted molar refractivity (Wildman–Crippen MR) is 111 cm³/mol. The van der Waals surface area contributed by atoms with Crippen molar-refractivity contribution >= 4 is 19.1 Å². The van der Waals surface area contributed by atoms with Gasteiger partial charge in [0, 0.05) is 0 Å². The zero-order chi connectivity index (χ0) is 22.9. The molecule has 5 atom stereocenters. The average molecular weight is 463 g/mol. The van der Waals surface area contributed by atoms with E-state index < -0.39 is 31.7 Å². The van der Waals surface area contributed by atoms with Crippen LogP contribution in [0, 0.1) is 0 Å². The first-order chi connectivity index (χ1) is 15.2. The Morgan fingerprint density at radius 3 is 2.75 bits per heavy atom. The van der Waals surface area contributed by atoms with Gasteiger partial charge in [-0.15, -0.1) is 5.11 Å². The SMILES string of the molecule is C[C@@]1(c2ccc3c(N=NN)ncnn23)O[C@H](COP(N)(=O)Oc2ccccc2)[C@@H](O)[C@H]1O. The fourth-order valence-corrected chi connectivity index (χ4v) is 4.41. The molecule has 1 aromatic carbocycles. The first kappa shape index (κ1) is 22.3. The maximum atomic E-state index is 12.5. The summed E-state index contributed by atoms with van der Waals surface area (Å²) in [4.78, 5) is 4.00. The van der Waals surface area contributed by atoms with Gasteiger partial charge in [0.15, 0.2) is 0 Å². The van der Waals surface area contributed by atoms with Gasteiger partial charge in [0.2, 0.25) is 5.82 Å². The van der Waals surface area contributed by atoms with Crippen LogP contribution in [0.1, 0.15) is 12.6 Å². The minimum absolute atomic E-state index is 0.215. The Bertz CT molecular complexity index is 1180. The highest BCUT2D eigenvalue weighted by atomic mass is 31.2. The van der Waals surface area contributed by atoms with E-state index in [0.717, 1.165) is 0 Å². The number of benzene rings is 1. The lowest BCUT2D eigenvalue weighted by Gasteiger charge is -2.27. The van der Waals surface area contributed by atoms with Crippen LogP contribution in [0.4, 0.5) is 5.82 Å². The topological polar surface area (TPSA) is 192 Å². The molecule has 1 aliphatic heterocycles. The molecule has 170 valence electrons. The van der Waals surface area contributed by atoms with Crippen LogP contribution >= 0.6 is 7.75 Å². The molecular formula is C18H22N7O6P. The van der Waals surface area contributed by atoms with Crippen molar-refractivity contribution < 1.29 is 28.6 Å². The number of aliphatic hydroxyl groups excluding tert-OH is 2. The second-order valence-electron chi connectivity index (χ2n) is 7.25. The van der Waals surface area contributed by atoms with Crippen LogP contribution in [0.5, 0.6) is 5.75 Å². The smallest absolute Gasteiger partial charge is 0.413 e. The maximum Gasteiger partial charge on any atom is 0.456 e. The minimum Gasteiger partial charge on any atom is -0.413 e. The van der Waals surface area contributed by atoms with Gasteiger partial charge in [0.05, 0.1) is 12.3 Å². The normalized spacial score (nSPS) is 27.7. The number of para-hydroxylation sites is 1. The zero-order valence-corrected chi connectivity index (χ0v) is 17.8. The summed E-state index contributed by atoms with van der Waals surface area (Å²) in [6.07, 6.45) is -2.54. The second-order valence-corrected chi connectivity index (χ2v) is 8.77. The Morgan fingerprint density at radius 2 is 2.03 bits per heavy atom. The summed E-state index contributed by atoms with van der Waals surface area (Å²) in [5, 5.41) is 32.5. The molecule has 0 aliphatic carbocycles. The number of aromatic nitrogens is 3. The van der Waals surface area contributed by atoms with Crippen molar-refractivity contribution in [1.82, 2.24) is 14.6 Å². The van der Waals surface area contributed by atoms with E-state index in [9.17, 15) is 14.8 Å². The van der Waals surface area contributed by atoms with Crippen LogP contribution in [0.2, 0.25) is 0 Å². The summed E-state index contributed by atoms with van der Waals surface area (Å²) in [6, 6.07) is 11.6. The van der Waals surface area contributed by atoms with E-state index in [2.05, 4.69) is 20.4 Å². The van der Waals surface area contributed by atoms with Crippen LogP contribution in [-0.2, 0) is 19.4 Å². The quantitative estimate of drug-likeness (QED) is 0.171. The van der Waals surface area contributed by atoms with Gasteiger partial charge in [-0.1, -0.05) is 23.4 Å². The van der Waals surface area contributed by atoms with Gasteiger partial charge in [-0.25, -0.2) is 19.6 Å². The number of aliphatic hydroxyl groups is 2. The fraction of sp³-hybridized carbons (Fsp3) is 0.333. The summed E-state index contributed by atoms with van der Waals surface area (Å²) < 4.78 is 30.3. The molecule has 1 saturated heterocycles. The van der Waals surface area contributed by atoms with E-state index in [1.165, 1.54) is 10.8 Å². The van der Waals surface area contributed by atoms with Crippen LogP contribution in [0.3, 0.4) is 0 Å². The molecule has 0 radical (unpaired) electrons. The van der Waals surface area contributed by atoms with Gasteiger partial charge in [0.25, 0.3) is 0 Å². The summed E-state index contributed by atoms with van der Waals surface area (Å²) >= 11 is 0. The van der Waals surface area contributed by atoms with Gasteiger partial charge >= 0.3 is 7.75 Å². The molecule has 4 rings (SSSR count). The van der Waals surface area contributed by atoms with E-state index in [-0.39, 0.29) is 18.2 Å². The molecule has 13 nitrogen and oxygen atoms in total. The molecule has 1 fully saturated rings. The average Bonchev–Trinajstić information content (AvgIpc) is 3.30. The first-order valence-electron chi connectivity index (χ1n) is 9.51. The molecule has 0 bridgehead atoms. The summed E-state index contributed by atoms with van der Waals surface area (Å²) in [6.45, 7) is 1.19. The predicted octanol–water partition coefficient (Wildman–Crippen LogP) is 1.18. The molecule has 0 amide bonds. The molecule has 32 heavy (non-hydrogen) atoms. The first-order valence-corrected chi connectivity index (χ1v) is 11.1. The van der Waals surface area contributed by atoms with E-state index in [0.29, 0.717) is 11.2 Å². The van der Waals surface area contributed by atoms with Gasteiger partial charge in [-0.2, -0.15) is 5.10 Å². The van der Waals surface area contributed by atoms with Gasteiger partial charge < -0.3 is 25.3 Å². The van der Waals surface area contributed by atoms with Gasteiger partial charge in [0.1, 0.15) is 41.5 Å². The molecule has 2 aromatic heterocycles. The van der Waals surface area contributed by atoms with Crippen molar-refractivity contribution in [2.45, 2.75) is 30.8 Å². The van der Waals surface area contributed by atoms with Crippen molar-refractivity contribution in [2.24, 2.45) is 21.7 Å². The third-order valence-corrected chi connectivity index (χ3v) is 6.13. The lowest BCUT2D eigenvalue weighted by molar-refractivity contribution is -0.0872. The molecule has 14 heteroatoms. The Kier molecular flexibility index (Phi) is 5.95. The minimum atomic E-state index is -4.00. The maximum absolute atomic E-state index is 12.5. The molecule has 1 unspecified atom stereocenters. The van der Waals surface area contributed by atoms with Crippen molar-refractivity contribution in [3.8, 4) is 5.75 Å². The second kappa shape index (κ2) is 8.54. The highest BCUT2D eigenvalue weighted by molar-refractivity contribution is 7.51. The summed E-state index contributed by atoms with van der Waals surface area (Å²) in [5.41, 5.74) is 5.13. The Morgan fingerprint density at radius 1 is 1.28 bits per heavy atom. The van der Waals surface area contributed by atoms with E-state index in [4.69, 9.17) is 25.1 Å². The van der Waals surface area contributed by atoms with Crippen LogP contribution in [0.15, 0.2) is 59.1 Å². The molecule has 3 heterocycles. The number of nitrogens with two attached hydrogens (primary N) is 2. The van der Waals surface area contributed by atoms with E-state index >= 15 is 0 Å². The summed E-state index contributed by atoms with van der Waals surface area (Å²) in [5.74, 6) is 5.60. The molecule has 6 N–H and O–H groups in total. The fourth-order valence-electron chi connectivity index (χ4n) is 3.59. The van der Waals surface area contributed by atoms with E-state index in [1.54, 1.807) is 49.4 Å². The third-order valence-electron chi connectivity index (χ3n) is 5.15. The Balaban J connectivity index is 1.53. The number of fused-ring (bicyclic) bond motifs is 1. The number of ether oxygens (including phenoxy) is 1. The molecular weight excluding hydrogens is 441 g/mol. The molecule has 1 aliphatic rings. The standard InChI is InChI=1S/C18H22N7O6P/c1-18(14-8-7-12-17(23-24-19)21-10-22-25(12)14)16(27)15(26)13(30-18)9-29-32(20,28)31-11-5-3-2-4-6-11/h2-8,10,13,15-16,26-27H,9H2,1H3,(H2,20,28)(H2,19,21,22,23)/t13-,15-,16-,18+,32?/m1/s1. The number of nitrogens with zero attached hydrogens (tertiary/aromatic N) is 5. The third kappa shape index (κ3) is 4.09. The van der Waals surface area contributed by atoms with Gasteiger partial charge in [-0.05, 0) is 31.2 Å². The van der Waals surface area contributed by atoms with Crippen LogP contribution in [0.25, 0.3) is 5.52 Å². The van der Waals surface area contributed by atoms with Crippen LogP contribution < -0.4 is 15.9 Å². The highest BCUT2D eigenvalue weighted by Crippen LogP contribution is 2.44.